The minimum Gasteiger partial charge on any atom is -0.310 e. The highest BCUT2D eigenvalue weighted by Gasteiger charge is 2.42. The van der Waals surface area contributed by atoms with E-state index in [2.05, 4.69) is 23.4 Å². The van der Waals surface area contributed by atoms with Crippen LogP contribution in [0.5, 0.6) is 0 Å². The molecule has 1 atom stereocenters. The van der Waals surface area contributed by atoms with Crippen LogP contribution in [0.2, 0.25) is 0 Å². The molecule has 0 amide bonds. The molecule has 0 radical (unpaired) electrons. The van der Waals surface area contributed by atoms with Gasteiger partial charge in [0.1, 0.15) is 0 Å². The van der Waals surface area contributed by atoms with Crippen LogP contribution in [0.1, 0.15) is 45.4 Å². The highest BCUT2D eigenvalue weighted by Crippen LogP contribution is 2.40. The van der Waals surface area contributed by atoms with E-state index in [9.17, 15) is 0 Å². The zero-order valence-electron chi connectivity index (χ0n) is 12.2. The van der Waals surface area contributed by atoms with E-state index in [4.69, 9.17) is 0 Å². The second-order valence-electron chi connectivity index (χ2n) is 6.30. The van der Waals surface area contributed by atoms with E-state index in [1.54, 1.807) is 0 Å². The summed E-state index contributed by atoms with van der Waals surface area (Å²) in [6, 6.07) is 0. The van der Waals surface area contributed by atoms with E-state index >= 15 is 0 Å². The average molecular weight is 270 g/mol. The molecule has 18 heavy (non-hydrogen) atoms. The summed E-state index contributed by atoms with van der Waals surface area (Å²) in [5.41, 5.74) is 0.412. The van der Waals surface area contributed by atoms with E-state index in [1.807, 2.05) is 11.8 Å². The molecule has 3 heteroatoms. The molecule has 1 aliphatic carbocycles. The van der Waals surface area contributed by atoms with Crippen LogP contribution in [0, 0.1) is 5.92 Å². The molecule has 0 aromatic rings. The van der Waals surface area contributed by atoms with Crippen LogP contribution in [0.15, 0.2) is 0 Å². The third kappa shape index (κ3) is 4.43. The standard InChI is InChI=1S/C15H30N2S/c1-15(14-7-8-14)13-17(11-6-9-16-15)10-4-3-5-12-18-2/h14,16H,3-13H2,1-2H3. The van der Waals surface area contributed by atoms with Gasteiger partial charge in [-0.25, -0.2) is 0 Å². The summed E-state index contributed by atoms with van der Waals surface area (Å²) in [5, 5.41) is 3.82. The number of thioether (sulfide) groups is 1. The summed E-state index contributed by atoms with van der Waals surface area (Å²) >= 11 is 1.98. The van der Waals surface area contributed by atoms with Crippen LogP contribution in [-0.4, -0.2) is 48.6 Å². The monoisotopic (exact) mass is 270 g/mol. The van der Waals surface area contributed by atoms with Gasteiger partial charge >= 0.3 is 0 Å². The van der Waals surface area contributed by atoms with Crippen molar-refractivity contribution in [2.24, 2.45) is 5.92 Å². The van der Waals surface area contributed by atoms with Gasteiger partial charge in [0.15, 0.2) is 0 Å². The molecule has 2 rings (SSSR count). The number of unbranched alkanes of at least 4 members (excludes halogenated alkanes) is 2. The molecule has 0 aromatic heterocycles. The van der Waals surface area contributed by atoms with Gasteiger partial charge in [0.25, 0.3) is 0 Å². The molecule has 106 valence electrons. The minimum absolute atomic E-state index is 0.412. The van der Waals surface area contributed by atoms with Crippen molar-refractivity contribution < 1.29 is 0 Å². The van der Waals surface area contributed by atoms with Crippen molar-refractivity contribution in [3.8, 4) is 0 Å². The van der Waals surface area contributed by atoms with Crippen LogP contribution in [0.4, 0.5) is 0 Å². The molecule has 1 aliphatic heterocycles. The zero-order valence-corrected chi connectivity index (χ0v) is 13.0. The van der Waals surface area contributed by atoms with E-state index in [1.165, 1.54) is 70.5 Å². The van der Waals surface area contributed by atoms with Crippen molar-refractivity contribution in [2.45, 2.75) is 51.0 Å². The number of nitrogens with zero attached hydrogens (tertiary/aromatic N) is 1. The number of hydrogen-bond donors (Lipinski definition) is 1. The number of rotatable bonds is 7. The lowest BCUT2D eigenvalue weighted by molar-refractivity contribution is 0.198. The van der Waals surface area contributed by atoms with Crippen molar-refractivity contribution in [1.29, 1.82) is 0 Å². The Kier molecular flexibility index (Phi) is 5.84. The molecule has 2 nitrogen and oxygen atoms in total. The minimum atomic E-state index is 0.412. The Bertz CT molecular complexity index is 243. The van der Waals surface area contributed by atoms with Gasteiger partial charge in [-0.1, -0.05) is 6.42 Å². The molecule has 1 unspecified atom stereocenters. The maximum Gasteiger partial charge on any atom is 0.0308 e. The van der Waals surface area contributed by atoms with Crippen LogP contribution in [0.3, 0.4) is 0 Å². The topological polar surface area (TPSA) is 15.3 Å². The highest BCUT2D eigenvalue weighted by atomic mass is 32.2. The first-order valence-corrected chi connectivity index (χ1v) is 9.10. The van der Waals surface area contributed by atoms with E-state index in [0.717, 1.165) is 5.92 Å². The van der Waals surface area contributed by atoms with Gasteiger partial charge in [0.2, 0.25) is 0 Å². The van der Waals surface area contributed by atoms with Gasteiger partial charge in [0.05, 0.1) is 0 Å². The fraction of sp³-hybridized carbons (Fsp3) is 1.00. The van der Waals surface area contributed by atoms with Crippen molar-refractivity contribution in [1.82, 2.24) is 10.2 Å². The highest BCUT2D eigenvalue weighted by molar-refractivity contribution is 7.98. The fourth-order valence-electron chi connectivity index (χ4n) is 3.22. The molecule has 1 N–H and O–H groups in total. The summed E-state index contributed by atoms with van der Waals surface area (Å²) in [5.74, 6) is 2.29. The first-order chi connectivity index (χ1) is 8.74. The lowest BCUT2D eigenvalue weighted by Gasteiger charge is -2.34. The Morgan fingerprint density at radius 1 is 1.28 bits per heavy atom. The quantitative estimate of drug-likeness (QED) is 0.716. The molecule has 1 saturated heterocycles. The van der Waals surface area contributed by atoms with Gasteiger partial charge in [0, 0.05) is 12.1 Å². The normalized spacial score (nSPS) is 30.3. The molecule has 0 bridgehead atoms. The molecule has 0 aromatic carbocycles. The second kappa shape index (κ2) is 7.16. The maximum absolute atomic E-state index is 3.82. The van der Waals surface area contributed by atoms with Crippen molar-refractivity contribution in [2.75, 3.05) is 38.2 Å². The number of hydrogen-bond acceptors (Lipinski definition) is 3. The Labute approximate surface area is 117 Å². The predicted octanol–water partition coefficient (Wildman–Crippen LogP) is 2.98. The van der Waals surface area contributed by atoms with Crippen LogP contribution < -0.4 is 5.32 Å². The Morgan fingerprint density at radius 2 is 2.11 bits per heavy atom. The van der Waals surface area contributed by atoms with Gasteiger partial charge < -0.3 is 10.2 Å². The van der Waals surface area contributed by atoms with Gasteiger partial charge in [-0.05, 0) is 76.6 Å². The van der Waals surface area contributed by atoms with Gasteiger partial charge in [-0.3, -0.25) is 0 Å². The lowest BCUT2D eigenvalue weighted by atomic mass is 9.95. The smallest absolute Gasteiger partial charge is 0.0308 e. The van der Waals surface area contributed by atoms with Crippen molar-refractivity contribution in [3.05, 3.63) is 0 Å². The zero-order chi connectivity index (χ0) is 12.8. The molecule has 2 aliphatic rings. The van der Waals surface area contributed by atoms with E-state index in [0.29, 0.717) is 5.54 Å². The second-order valence-corrected chi connectivity index (χ2v) is 7.29. The summed E-state index contributed by atoms with van der Waals surface area (Å²) < 4.78 is 0. The first kappa shape index (κ1) is 14.7. The summed E-state index contributed by atoms with van der Waals surface area (Å²) in [6.45, 7) is 7.57. The largest absolute Gasteiger partial charge is 0.310 e. The Hall–Kier alpha value is 0.270. The predicted molar refractivity (Wildman–Crippen MR) is 82.4 cm³/mol. The molecule has 0 spiro atoms. The molecule has 1 saturated carbocycles. The van der Waals surface area contributed by atoms with Crippen LogP contribution >= 0.6 is 11.8 Å². The van der Waals surface area contributed by atoms with Gasteiger partial charge in [-0.15, -0.1) is 0 Å². The third-order valence-electron chi connectivity index (χ3n) is 4.53. The van der Waals surface area contributed by atoms with Crippen molar-refractivity contribution in [3.63, 3.8) is 0 Å². The van der Waals surface area contributed by atoms with E-state index < -0.39 is 0 Å². The van der Waals surface area contributed by atoms with Crippen molar-refractivity contribution >= 4 is 11.8 Å². The van der Waals surface area contributed by atoms with Crippen LogP contribution in [-0.2, 0) is 0 Å². The van der Waals surface area contributed by atoms with E-state index in [-0.39, 0.29) is 0 Å². The Morgan fingerprint density at radius 3 is 2.83 bits per heavy atom. The molecule has 2 fully saturated rings. The average Bonchev–Trinajstić information content (AvgIpc) is 3.17. The van der Waals surface area contributed by atoms with Crippen LogP contribution in [0.25, 0.3) is 0 Å². The maximum atomic E-state index is 3.82. The summed E-state index contributed by atoms with van der Waals surface area (Å²) in [6.07, 6.45) is 10.6. The third-order valence-corrected chi connectivity index (χ3v) is 5.23. The summed E-state index contributed by atoms with van der Waals surface area (Å²) in [7, 11) is 0. The Balaban J connectivity index is 1.70. The fourth-order valence-corrected chi connectivity index (χ4v) is 3.71. The summed E-state index contributed by atoms with van der Waals surface area (Å²) in [4.78, 5) is 2.72. The lowest BCUT2D eigenvalue weighted by Crippen LogP contribution is -2.51. The molecular weight excluding hydrogens is 240 g/mol. The SMILES string of the molecule is CSCCCCCN1CCCNC(C)(C2CC2)C1. The first-order valence-electron chi connectivity index (χ1n) is 7.71. The number of nitrogens with one attached hydrogen (secondary N) is 1. The van der Waals surface area contributed by atoms with Gasteiger partial charge in [-0.2, -0.15) is 11.8 Å². The molecular formula is C15H30N2S. The molecule has 1 heterocycles.